The van der Waals surface area contributed by atoms with Crippen LogP contribution in [0.2, 0.25) is 0 Å². The quantitative estimate of drug-likeness (QED) is 0.702. The van der Waals surface area contributed by atoms with Gasteiger partial charge in [0.05, 0.1) is 0 Å². The van der Waals surface area contributed by atoms with Gasteiger partial charge in [-0.2, -0.15) is 0 Å². The molecular weight excluding hydrogens is 336 g/mol. The Morgan fingerprint density at radius 1 is 1.26 bits per heavy atom. The molecule has 1 amide bonds. The fourth-order valence-electron chi connectivity index (χ4n) is 3.77. The number of amides is 1. The number of carbonyl (C=O) groups excluding carboxylic acids is 1. The van der Waals surface area contributed by atoms with E-state index in [1.54, 1.807) is 6.20 Å². The molecule has 2 aromatic heterocycles. The molecule has 0 spiro atoms. The molecule has 5 nitrogen and oxygen atoms in total. The van der Waals surface area contributed by atoms with Crippen LogP contribution in [-0.2, 0) is 17.8 Å². The number of hydrogen-bond acceptors (Lipinski definition) is 3. The molecule has 140 valence electrons. The van der Waals surface area contributed by atoms with Crippen molar-refractivity contribution in [3.8, 4) is 0 Å². The van der Waals surface area contributed by atoms with Crippen LogP contribution in [0, 0.1) is 0 Å². The molecule has 1 saturated heterocycles. The minimum atomic E-state index is 0.279. The molecule has 0 unspecified atom stereocenters. The molecule has 1 aliphatic rings. The van der Waals surface area contributed by atoms with Crippen molar-refractivity contribution in [2.24, 2.45) is 0 Å². The summed E-state index contributed by atoms with van der Waals surface area (Å²) in [6.45, 7) is 2.55. The van der Waals surface area contributed by atoms with Gasteiger partial charge in [-0.1, -0.05) is 24.3 Å². The Morgan fingerprint density at radius 2 is 2.11 bits per heavy atom. The molecule has 4 rings (SSSR count). The number of likely N-dealkylation sites (N-methyl/N-ethyl adjacent to an activating group) is 1. The van der Waals surface area contributed by atoms with Crippen LogP contribution >= 0.6 is 0 Å². The van der Waals surface area contributed by atoms with Crippen LogP contribution in [0.1, 0.15) is 24.0 Å². The maximum atomic E-state index is 12.4. The van der Waals surface area contributed by atoms with Crippen LogP contribution in [-0.4, -0.2) is 51.9 Å². The first-order valence-corrected chi connectivity index (χ1v) is 9.62. The van der Waals surface area contributed by atoms with Gasteiger partial charge in [0, 0.05) is 61.6 Å². The maximum Gasteiger partial charge on any atom is 0.222 e. The third-order valence-corrected chi connectivity index (χ3v) is 5.50. The Bertz CT molecular complexity index is 899. The lowest BCUT2D eigenvalue weighted by Gasteiger charge is -2.44. The van der Waals surface area contributed by atoms with Crippen molar-refractivity contribution in [2.45, 2.75) is 31.8 Å². The highest BCUT2D eigenvalue weighted by Crippen LogP contribution is 2.21. The summed E-state index contributed by atoms with van der Waals surface area (Å²) in [5.74, 6) is 0.279. The number of carbonyl (C=O) groups is 1. The van der Waals surface area contributed by atoms with Crippen molar-refractivity contribution < 1.29 is 4.79 Å². The molecule has 1 N–H and O–H groups in total. The van der Waals surface area contributed by atoms with Gasteiger partial charge < -0.3 is 9.88 Å². The fraction of sp³-hybridized carbons (Fsp3) is 0.364. The second kappa shape index (κ2) is 7.92. The number of aromatic nitrogens is 2. The summed E-state index contributed by atoms with van der Waals surface area (Å²) in [5.41, 5.74) is 3.68. The standard InChI is InChI=1S/C22H26N4O/c1-25(14-17-6-5-11-23-12-17)19-15-26(16-19)22(27)10-4-7-18-13-24-21-9-3-2-8-20(18)21/h2-3,5-6,8-9,11-13,19,24H,4,7,10,14-16H2,1H3. The lowest BCUT2D eigenvalue weighted by Crippen LogP contribution is -2.59. The van der Waals surface area contributed by atoms with E-state index in [1.807, 2.05) is 23.2 Å². The number of rotatable bonds is 7. The monoisotopic (exact) mass is 362 g/mol. The van der Waals surface area contributed by atoms with Gasteiger partial charge in [0.25, 0.3) is 0 Å². The normalized spacial score (nSPS) is 14.7. The van der Waals surface area contributed by atoms with E-state index in [0.717, 1.165) is 32.5 Å². The minimum Gasteiger partial charge on any atom is -0.361 e. The molecule has 27 heavy (non-hydrogen) atoms. The van der Waals surface area contributed by atoms with Crippen LogP contribution in [0.4, 0.5) is 0 Å². The van der Waals surface area contributed by atoms with Crippen molar-refractivity contribution in [3.63, 3.8) is 0 Å². The topological polar surface area (TPSA) is 52.2 Å². The van der Waals surface area contributed by atoms with Crippen molar-refractivity contribution in [1.82, 2.24) is 19.8 Å². The van der Waals surface area contributed by atoms with Gasteiger partial charge in [-0.25, -0.2) is 0 Å². The number of nitrogens with one attached hydrogen (secondary N) is 1. The van der Waals surface area contributed by atoms with E-state index in [2.05, 4.69) is 52.4 Å². The third-order valence-electron chi connectivity index (χ3n) is 5.50. The number of aromatic amines is 1. The van der Waals surface area contributed by atoms with Crippen molar-refractivity contribution in [3.05, 3.63) is 66.1 Å². The van der Waals surface area contributed by atoms with Crippen LogP contribution in [0.25, 0.3) is 10.9 Å². The number of para-hydroxylation sites is 1. The molecule has 1 fully saturated rings. The molecule has 0 aliphatic carbocycles. The van der Waals surface area contributed by atoms with E-state index < -0.39 is 0 Å². The van der Waals surface area contributed by atoms with E-state index >= 15 is 0 Å². The number of pyridine rings is 1. The second-order valence-electron chi connectivity index (χ2n) is 7.44. The molecule has 5 heteroatoms. The molecule has 1 aliphatic heterocycles. The van der Waals surface area contributed by atoms with E-state index in [4.69, 9.17) is 0 Å². The minimum absolute atomic E-state index is 0.279. The fourth-order valence-corrected chi connectivity index (χ4v) is 3.77. The lowest BCUT2D eigenvalue weighted by atomic mass is 10.0. The summed E-state index contributed by atoms with van der Waals surface area (Å²) in [4.78, 5) is 24.2. The Hall–Kier alpha value is -2.66. The summed E-state index contributed by atoms with van der Waals surface area (Å²) in [7, 11) is 2.12. The number of likely N-dealkylation sites (tertiary alicyclic amines) is 1. The molecule has 0 bridgehead atoms. The summed E-state index contributed by atoms with van der Waals surface area (Å²) in [6.07, 6.45) is 8.23. The van der Waals surface area contributed by atoms with Gasteiger partial charge in [0.15, 0.2) is 0 Å². The van der Waals surface area contributed by atoms with E-state index in [-0.39, 0.29) is 5.91 Å². The smallest absolute Gasteiger partial charge is 0.222 e. The number of nitrogens with zero attached hydrogens (tertiary/aromatic N) is 3. The summed E-state index contributed by atoms with van der Waals surface area (Å²) in [5, 5.41) is 1.27. The van der Waals surface area contributed by atoms with E-state index in [0.29, 0.717) is 12.5 Å². The molecule has 0 atom stereocenters. The first-order chi connectivity index (χ1) is 13.2. The molecule has 3 heterocycles. The second-order valence-corrected chi connectivity index (χ2v) is 7.44. The van der Waals surface area contributed by atoms with Gasteiger partial charge in [-0.3, -0.25) is 14.7 Å². The zero-order valence-corrected chi connectivity index (χ0v) is 15.8. The van der Waals surface area contributed by atoms with Gasteiger partial charge in [-0.15, -0.1) is 0 Å². The van der Waals surface area contributed by atoms with Crippen LogP contribution < -0.4 is 0 Å². The molecule has 1 aromatic carbocycles. The predicted octanol–water partition coefficient (Wildman–Crippen LogP) is 3.23. The Morgan fingerprint density at radius 3 is 2.93 bits per heavy atom. The van der Waals surface area contributed by atoms with Gasteiger partial charge in [0.2, 0.25) is 5.91 Å². The van der Waals surface area contributed by atoms with Crippen LogP contribution in [0.5, 0.6) is 0 Å². The van der Waals surface area contributed by atoms with E-state index in [9.17, 15) is 4.79 Å². The first-order valence-electron chi connectivity index (χ1n) is 9.62. The number of hydrogen-bond donors (Lipinski definition) is 1. The van der Waals surface area contributed by atoms with Crippen molar-refractivity contribution in [1.29, 1.82) is 0 Å². The number of H-pyrrole nitrogens is 1. The Balaban J connectivity index is 1.20. The predicted molar refractivity (Wildman–Crippen MR) is 107 cm³/mol. The molecule has 0 saturated carbocycles. The SMILES string of the molecule is CN(Cc1cccnc1)C1CN(C(=O)CCCc2c[nH]c3ccccc23)C1. The van der Waals surface area contributed by atoms with Gasteiger partial charge in [-0.05, 0) is 43.1 Å². The zero-order valence-electron chi connectivity index (χ0n) is 15.8. The highest BCUT2D eigenvalue weighted by Gasteiger charge is 2.32. The number of fused-ring (bicyclic) bond motifs is 1. The maximum absolute atomic E-state index is 12.4. The molecule has 3 aromatic rings. The van der Waals surface area contributed by atoms with Crippen LogP contribution in [0.15, 0.2) is 55.0 Å². The highest BCUT2D eigenvalue weighted by atomic mass is 16.2. The number of aryl methyl sites for hydroxylation is 1. The number of benzene rings is 1. The Kier molecular flexibility index (Phi) is 5.21. The van der Waals surface area contributed by atoms with E-state index in [1.165, 1.54) is 22.0 Å². The van der Waals surface area contributed by atoms with Gasteiger partial charge >= 0.3 is 0 Å². The van der Waals surface area contributed by atoms with Crippen LogP contribution in [0.3, 0.4) is 0 Å². The average molecular weight is 362 g/mol. The average Bonchev–Trinajstić information content (AvgIpc) is 3.05. The molecular formula is C22H26N4O. The Labute approximate surface area is 160 Å². The third kappa shape index (κ3) is 4.03. The van der Waals surface area contributed by atoms with Crippen molar-refractivity contribution in [2.75, 3.05) is 20.1 Å². The summed E-state index contributed by atoms with van der Waals surface area (Å²) in [6, 6.07) is 12.8. The zero-order chi connectivity index (χ0) is 18.6. The summed E-state index contributed by atoms with van der Waals surface area (Å²) < 4.78 is 0. The summed E-state index contributed by atoms with van der Waals surface area (Å²) >= 11 is 0. The largest absolute Gasteiger partial charge is 0.361 e. The highest BCUT2D eigenvalue weighted by molar-refractivity contribution is 5.83. The first kappa shape index (κ1) is 17.7. The molecule has 0 radical (unpaired) electrons. The lowest BCUT2D eigenvalue weighted by molar-refractivity contribution is -0.138. The van der Waals surface area contributed by atoms with Gasteiger partial charge in [0.1, 0.15) is 0 Å². The van der Waals surface area contributed by atoms with Crippen molar-refractivity contribution >= 4 is 16.8 Å².